The molecule has 1 unspecified atom stereocenters. The summed E-state index contributed by atoms with van der Waals surface area (Å²) in [7, 11) is 0. The van der Waals surface area contributed by atoms with Gasteiger partial charge in [-0.1, -0.05) is 30.0 Å². The van der Waals surface area contributed by atoms with Crippen LogP contribution in [0.15, 0.2) is 51.7 Å². The number of hydrogen-bond donors (Lipinski definition) is 0. The second-order valence-electron chi connectivity index (χ2n) is 5.07. The number of benzene rings is 1. The summed E-state index contributed by atoms with van der Waals surface area (Å²) >= 11 is 2.72. The molecule has 0 bridgehead atoms. The molecule has 0 aliphatic carbocycles. The topological polar surface area (TPSA) is 61.2 Å². The number of thioether (sulfide) groups is 1. The predicted octanol–water partition coefficient (Wildman–Crippen LogP) is 2.85. The van der Waals surface area contributed by atoms with Crippen LogP contribution in [0.3, 0.4) is 0 Å². The first-order valence-electron chi connectivity index (χ1n) is 7.13. The van der Waals surface area contributed by atoms with Crippen molar-refractivity contribution in [3.63, 3.8) is 0 Å². The summed E-state index contributed by atoms with van der Waals surface area (Å²) in [5.41, 5.74) is 0.628. The maximum absolute atomic E-state index is 12.9. The Kier molecular flexibility index (Phi) is 3.66. The van der Waals surface area contributed by atoms with Gasteiger partial charge in [0.05, 0.1) is 17.7 Å². The van der Waals surface area contributed by atoms with Crippen LogP contribution >= 0.6 is 23.1 Å². The summed E-state index contributed by atoms with van der Waals surface area (Å²) in [6.45, 7) is 0.424. The summed E-state index contributed by atoms with van der Waals surface area (Å²) in [5.74, 6) is -0.241. The fraction of sp³-hybridized carbons (Fsp3) is 0.188. The van der Waals surface area contributed by atoms with Gasteiger partial charge >= 0.3 is 5.97 Å². The molecule has 2 aromatic heterocycles. The smallest absolute Gasteiger partial charge is 0.319 e. The summed E-state index contributed by atoms with van der Waals surface area (Å²) in [6.07, 6.45) is 0.636. The van der Waals surface area contributed by atoms with E-state index in [0.29, 0.717) is 28.4 Å². The molecule has 1 aliphatic rings. The highest BCUT2D eigenvalue weighted by molar-refractivity contribution is 8.00. The van der Waals surface area contributed by atoms with E-state index in [9.17, 15) is 9.59 Å². The Labute approximate surface area is 139 Å². The molecule has 0 amide bonds. The van der Waals surface area contributed by atoms with Gasteiger partial charge in [0.25, 0.3) is 5.56 Å². The summed E-state index contributed by atoms with van der Waals surface area (Å²) in [4.78, 5) is 29.9. The molecule has 1 aliphatic heterocycles. The molecule has 3 heterocycles. The number of aromatic nitrogens is 2. The quantitative estimate of drug-likeness (QED) is 0.540. The molecule has 116 valence electrons. The van der Waals surface area contributed by atoms with Crippen molar-refractivity contribution in [3.8, 4) is 5.69 Å². The number of carbonyl (C=O) groups excluding carboxylic acids is 1. The average molecular weight is 344 g/mol. The third-order valence-corrected chi connectivity index (χ3v) is 5.62. The van der Waals surface area contributed by atoms with Gasteiger partial charge in [0, 0.05) is 6.42 Å². The molecule has 4 rings (SSSR count). The fourth-order valence-corrected chi connectivity index (χ4v) is 4.37. The van der Waals surface area contributed by atoms with Crippen molar-refractivity contribution >= 4 is 39.3 Å². The van der Waals surface area contributed by atoms with Crippen molar-refractivity contribution in [1.82, 2.24) is 9.55 Å². The Bertz CT molecular complexity index is 933. The highest BCUT2D eigenvalue weighted by atomic mass is 32.2. The van der Waals surface area contributed by atoms with Gasteiger partial charge in [-0.15, -0.1) is 11.3 Å². The van der Waals surface area contributed by atoms with Crippen LogP contribution in [0.25, 0.3) is 15.9 Å². The third-order valence-electron chi connectivity index (χ3n) is 3.62. The summed E-state index contributed by atoms with van der Waals surface area (Å²) < 4.78 is 6.59. The minimum Gasteiger partial charge on any atom is -0.465 e. The molecule has 1 fully saturated rings. The lowest BCUT2D eigenvalue weighted by molar-refractivity contribution is -0.137. The van der Waals surface area contributed by atoms with Crippen LogP contribution < -0.4 is 5.56 Å². The van der Waals surface area contributed by atoms with Crippen LogP contribution in [0, 0.1) is 0 Å². The van der Waals surface area contributed by atoms with Gasteiger partial charge in [-0.05, 0) is 23.6 Å². The van der Waals surface area contributed by atoms with E-state index in [-0.39, 0.29) is 16.8 Å². The highest BCUT2D eigenvalue weighted by Gasteiger charge is 2.29. The molecule has 0 N–H and O–H groups in total. The molecule has 5 nitrogen and oxygen atoms in total. The Balaban J connectivity index is 1.90. The maximum atomic E-state index is 12.9. The van der Waals surface area contributed by atoms with Crippen LogP contribution in [0.2, 0.25) is 0 Å². The van der Waals surface area contributed by atoms with Gasteiger partial charge in [-0.25, -0.2) is 4.98 Å². The number of hydrogen-bond acceptors (Lipinski definition) is 6. The fourth-order valence-electron chi connectivity index (χ4n) is 2.49. The highest BCUT2D eigenvalue weighted by Crippen LogP contribution is 2.30. The molecule has 0 saturated carbocycles. The van der Waals surface area contributed by atoms with Crippen LogP contribution in [-0.4, -0.2) is 27.4 Å². The molecule has 0 spiro atoms. The van der Waals surface area contributed by atoms with Crippen molar-refractivity contribution in [2.45, 2.75) is 16.8 Å². The first kappa shape index (κ1) is 14.5. The number of cyclic esters (lactones) is 1. The molecule has 1 aromatic carbocycles. The lowest BCUT2D eigenvalue weighted by Crippen LogP contribution is -2.22. The normalized spacial score (nSPS) is 17.6. The van der Waals surface area contributed by atoms with E-state index in [0.717, 1.165) is 5.69 Å². The third kappa shape index (κ3) is 2.55. The van der Waals surface area contributed by atoms with Crippen molar-refractivity contribution in [3.05, 3.63) is 52.1 Å². The molecule has 1 atom stereocenters. The molecule has 0 radical (unpaired) electrons. The molecule has 1 saturated heterocycles. The van der Waals surface area contributed by atoms with Gasteiger partial charge in [-0.2, -0.15) is 0 Å². The number of ether oxygens (including phenoxy) is 1. The van der Waals surface area contributed by atoms with Crippen molar-refractivity contribution in [2.75, 3.05) is 6.61 Å². The van der Waals surface area contributed by atoms with Crippen molar-refractivity contribution in [2.24, 2.45) is 0 Å². The van der Waals surface area contributed by atoms with Crippen molar-refractivity contribution in [1.29, 1.82) is 0 Å². The molecule has 3 aromatic rings. The number of fused-ring (bicyclic) bond motifs is 1. The zero-order valence-electron chi connectivity index (χ0n) is 12.0. The van der Waals surface area contributed by atoms with Gasteiger partial charge in [0.15, 0.2) is 5.16 Å². The second-order valence-corrected chi connectivity index (χ2v) is 7.14. The number of carbonyl (C=O) groups is 1. The van der Waals surface area contributed by atoms with E-state index in [4.69, 9.17) is 4.74 Å². The molecule has 23 heavy (non-hydrogen) atoms. The van der Waals surface area contributed by atoms with E-state index in [1.807, 2.05) is 35.7 Å². The second kappa shape index (κ2) is 5.82. The SMILES string of the molecule is O=C1OCCC1Sc1nc2sccc2c(=O)n1-c1ccccc1. The van der Waals surface area contributed by atoms with E-state index in [1.54, 1.807) is 10.6 Å². The summed E-state index contributed by atoms with van der Waals surface area (Å²) in [6, 6.07) is 11.1. The van der Waals surface area contributed by atoms with Gasteiger partial charge in [0.1, 0.15) is 10.1 Å². The van der Waals surface area contributed by atoms with Crippen LogP contribution in [0.5, 0.6) is 0 Å². The first-order chi connectivity index (χ1) is 11.2. The summed E-state index contributed by atoms with van der Waals surface area (Å²) in [5, 5.41) is 2.67. The first-order valence-corrected chi connectivity index (χ1v) is 8.89. The van der Waals surface area contributed by atoms with E-state index in [1.165, 1.54) is 23.1 Å². The standard InChI is InChI=1S/C16H12N2O3S2/c19-14-11-7-9-22-13(11)17-16(23-12-6-8-21-15(12)20)18(14)10-4-2-1-3-5-10/h1-5,7,9,12H,6,8H2. The number of para-hydroxylation sites is 1. The zero-order valence-corrected chi connectivity index (χ0v) is 13.6. The monoisotopic (exact) mass is 344 g/mol. The van der Waals surface area contributed by atoms with E-state index < -0.39 is 0 Å². The number of rotatable bonds is 3. The maximum Gasteiger partial charge on any atom is 0.319 e. The van der Waals surface area contributed by atoms with Gasteiger partial charge in [-0.3, -0.25) is 14.2 Å². The van der Waals surface area contributed by atoms with Crippen LogP contribution in [0.4, 0.5) is 0 Å². The minimum absolute atomic E-state index is 0.115. The Morgan fingerprint density at radius 2 is 2.04 bits per heavy atom. The number of esters is 1. The van der Waals surface area contributed by atoms with E-state index in [2.05, 4.69) is 4.98 Å². The van der Waals surface area contributed by atoms with Gasteiger partial charge < -0.3 is 4.74 Å². The average Bonchev–Trinajstić information content (AvgIpc) is 3.18. The largest absolute Gasteiger partial charge is 0.465 e. The Hall–Kier alpha value is -2.12. The van der Waals surface area contributed by atoms with Gasteiger partial charge in [0.2, 0.25) is 0 Å². The number of nitrogens with zero attached hydrogens (tertiary/aromatic N) is 2. The zero-order chi connectivity index (χ0) is 15.8. The number of thiophene rings is 1. The Morgan fingerprint density at radius 1 is 1.22 bits per heavy atom. The lowest BCUT2D eigenvalue weighted by atomic mass is 10.3. The molecular formula is C16H12N2O3S2. The minimum atomic E-state index is -0.311. The van der Waals surface area contributed by atoms with E-state index >= 15 is 0 Å². The van der Waals surface area contributed by atoms with Crippen LogP contribution in [-0.2, 0) is 9.53 Å². The molecule has 7 heteroatoms. The predicted molar refractivity (Wildman–Crippen MR) is 90.4 cm³/mol. The lowest BCUT2D eigenvalue weighted by Gasteiger charge is -2.13. The molecular weight excluding hydrogens is 332 g/mol. The van der Waals surface area contributed by atoms with Crippen LogP contribution in [0.1, 0.15) is 6.42 Å². The Morgan fingerprint density at radius 3 is 2.78 bits per heavy atom. The van der Waals surface area contributed by atoms with Crippen molar-refractivity contribution < 1.29 is 9.53 Å².